The van der Waals surface area contributed by atoms with Crippen LogP contribution in [-0.4, -0.2) is 35.4 Å². The van der Waals surface area contributed by atoms with Gasteiger partial charge in [-0.15, -0.1) is 0 Å². The lowest BCUT2D eigenvalue weighted by Gasteiger charge is -2.32. The zero-order chi connectivity index (χ0) is 22.9. The average molecular weight is 437 g/mol. The lowest BCUT2D eigenvalue weighted by atomic mass is 9.95. The number of rotatable bonds is 9. The van der Waals surface area contributed by atoms with Crippen molar-refractivity contribution >= 4 is 11.8 Å². The van der Waals surface area contributed by atoms with Crippen LogP contribution in [0.3, 0.4) is 0 Å². The van der Waals surface area contributed by atoms with Crippen LogP contribution in [0.5, 0.6) is 5.75 Å². The highest BCUT2D eigenvalue weighted by Gasteiger charge is 2.30. The summed E-state index contributed by atoms with van der Waals surface area (Å²) in [7, 11) is 0. The Morgan fingerprint density at radius 1 is 1.03 bits per heavy atom. The molecule has 5 nitrogen and oxygen atoms in total. The molecule has 0 aliphatic heterocycles. The zero-order valence-electron chi connectivity index (χ0n) is 19.6. The normalized spacial score (nSPS) is 15.1. The van der Waals surface area contributed by atoms with Gasteiger partial charge in [0, 0.05) is 12.6 Å². The quantitative estimate of drug-likeness (QED) is 0.606. The Morgan fingerprint density at radius 2 is 1.69 bits per heavy atom. The predicted octanol–water partition coefficient (Wildman–Crippen LogP) is 4.94. The van der Waals surface area contributed by atoms with Crippen LogP contribution >= 0.6 is 0 Å². The lowest BCUT2D eigenvalue weighted by molar-refractivity contribution is -0.143. The Kier molecular flexibility index (Phi) is 8.72. The minimum atomic E-state index is -0.521. The number of aryl methyl sites for hydroxylation is 2. The Balaban J connectivity index is 1.74. The molecule has 0 spiro atoms. The van der Waals surface area contributed by atoms with Crippen molar-refractivity contribution in [1.29, 1.82) is 0 Å². The molecule has 5 heteroatoms. The van der Waals surface area contributed by atoms with Crippen molar-refractivity contribution in [2.45, 2.75) is 77.9 Å². The minimum Gasteiger partial charge on any atom is -0.484 e. The third kappa shape index (κ3) is 6.84. The van der Waals surface area contributed by atoms with Crippen LogP contribution in [0.4, 0.5) is 0 Å². The van der Waals surface area contributed by atoms with Crippen LogP contribution < -0.4 is 10.1 Å². The van der Waals surface area contributed by atoms with Gasteiger partial charge in [0.25, 0.3) is 5.91 Å². The average Bonchev–Trinajstić information content (AvgIpc) is 2.78. The summed E-state index contributed by atoms with van der Waals surface area (Å²) >= 11 is 0. The summed E-state index contributed by atoms with van der Waals surface area (Å²) in [5.74, 6) is 0.434. The second-order valence-corrected chi connectivity index (χ2v) is 8.89. The molecule has 0 heterocycles. The van der Waals surface area contributed by atoms with E-state index in [1.807, 2.05) is 63.2 Å². The number of hydrogen-bond acceptors (Lipinski definition) is 3. The van der Waals surface area contributed by atoms with Crippen molar-refractivity contribution in [2.24, 2.45) is 0 Å². The Labute approximate surface area is 192 Å². The summed E-state index contributed by atoms with van der Waals surface area (Å²) < 4.78 is 5.85. The van der Waals surface area contributed by atoms with E-state index in [4.69, 9.17) is 4.74 Å². The lowest BCUT2D eigenvalue weighted by Crippen LogP contribution is -2.52. The van der Waals surface area contributed by atoms with E-state index in [1.165, 1.54) is 6.42 Å². The number of hydrogen-bond donors (Lipinski definition) is 1. The summed E-state index contributed by atoms with van der Waals surface area (Å²) in [6.45, 7) is 6.26. The van der Waals surface area contributed by atoms with Crippen LogP contribution in [0.25, 0.3) is 0 Å². The molecule has 0 radical (unpaired) electrons. The molecule has 0 unspecified atom stereocenters. The molecule has 0 bridgehead atoms. The number of ether oxygens (including phenoxy) is 1. The number of nitrogens with one attached hydrogen (secondary N) is 1. The molecule has 172 valence electrons. The first-order valence-corrected chi connectivity index (χ1v) is 11.8. The first kappa shape index (κ1) is 23.8. The van der Waals surface area contributed by atoms with Crippen molar-refractivity contribution in [1.82, 2.24) is 10.2 Å². The number of nitrogens with zero attached hydrogens (tertiary/aromatic N) is 1. The fraction of sp³-hybridized carbons (Fsp3) is 0.481. The molecule has 1 saturated carbocycles. The number of carbonyl (C=O) groups excluding carboxylic acids is 2. The van der Waals surface area contributed by atoms with Gasteiger partial charge in [0.15, 0.2) is 6.61 Å². The highest BCUT2D eigenvalue weighted by molar-refractivity contribution is 5.88. The Bertz CT molecular complexity index is 871. The first-order chi connectivity index (χ1) is 15.5. The number of amides is 2. The smallest absolute Gasteiger partial charge is 0.261 e. The van der Waals surface area contributed by atoms with Gasteiger partial charge in [0.1, 0.15) is 11.8 Å². The largest absolute Gasteiger partial charge is 0.484 e. The molecule has 3 rings (SSSR count). The van der Waals surface area contributed by atoms with Crippen molar-refractivity contribution in [3.8, 4) is 5.75 Å². The van der Waals surface area contributed by atoms with Crippen molar-refractivity contribution in [2.75, 3.05) is 6.61 Å². The second kappa shape index (κ2) is 11.7. The standard InChI is InChI=1S/C27H36N2O3/c1-4-25(27(31)28-23-13-9-6-10-14-23)29(18-22-11-7-5-8-12-22)26(30)19-32-24-16-20(2)15-21(3)17-24/h5,7-8,11-12,15-17,23,25H,4,6,9-10,13-14,18-19H2,1-3H3,(H,28,31)/t25-/m0/s1. The topological polar surface area (TPSA) is 58.6 Å². The fourth-order valence-electron chi connectivity index (χ4n) is 4.49. The van der Waals surface area contributed by atoms with Crippen molar-refractivity contribution < 1.29 is 14.3 Å². The van der Waals surface area contributed by atoms with Gasteiger partial charge in [-0.25, -0.2) is 0 Å². The van der Waals surface area contributed by atoms with Gasteiger partial charge in [-0.1, -0.05) is 62.6 Å². The van der Waals surface area contributed by atoms with E-state index < -0.39 is 6.04 Å². The number of benzene rings is 2. The monoisotopic (exact) mass is 436 g/mol. The summed E-state index contributed by atoms with van der Waals surface area (Å²) in [5, 5.41) is 3.21. The summed E-state index contributed by atoms with van der Waals surface area (Å²) in [4.78, 5) is 28.2. The van der Waals surface area contributed by atoms with Gasteiger partial charge in [0.2, 0.25) is 5.91 Å². The molecule has 0 saturated heterocycles. The van der Waals surface area contributed by atoms with E-state index in [-0.39, 0.29) is 24.5 Å². The molecule has 0 aromatic heterocycles. The maximum Gasteiger partial charge on any atom is 0.261 e. The SMILES string of the molecule is CC[C@@H](C(=O)NC1CCCCC1)N(Cc1ccccc1)C(=O)COc1cc(C)cc(C)c1. The minimum absolute atomic E-state index is 0.0601. The highest BCUT2D eigenvalue weighted by atomic mass is 16.5. The molecule has 1 aliphatic rings. The number of carbonyl (C=O) groups is 2. The molecule has 1 fully saturated rings. The van der Waals surface area contributed by atoms with Gasteiger partial charge >= 0.3 is 0 Å². The van der Waals surface area contributed by atoms with Crippen molar-refractivity contribution in [3.05, 3.63) is 65.2 Å². The molecule has 2 aromatic carbocycles. The van der Waals surface area contributed by atoms with E-state index >= 15 is 0 Å². The van der Waals surface area contributed by atoms with E-state index in [2.05, 4.69) is 11.4 Å². The van der Waals surface area contributed by atoms with Gasteiger partial charge < -0.3 is 15.0 Å². The maximum absolute atomic E-state index is 13.3. The molecule has 1 N–H and O–H groups in total. The van der Waals surface area contributed by atoms with Gasteiger partial charge in [-0.3, -0.25) is 9.59 Å². The summed E-state index contributed by atoms with van der Waals surface area (Å²) in [6.07, 6.45) is 6.13. The molecule has 2 aromatic rings. The van der Waals surface area contributed by atoms with E-state index in [0.717, 1.165) is 42.4 Å². The Morgan fingerprint density at radius 3 is 2.31 bits per heavy atom. The van der Waals surface area contributed by atoms with E-state index in [0.29, 0.717) is 18.7 Å². The van der Waals surface area contributed by atoms with Crippen molar-refractivity contribution in [3.63, 3.8) is 0 Å². The maximum atomic E-state index is 13.3. The van der Waals surface area contributed by atoms with Crippen LogP contribution in [-0.2, 0) is 16.1 Å². The molecular weight excluding hydrogens is 400 g/mol. The van der Waals surface area contributed by atoms with Gasteiger partial charge in [-0.2, -0.15) is 0 Å². The highest BCUT2D eigenvalue weighted by Crippen LogP contribution is 2.20. The van der Waals surface area contributed by atoms with E-state index in [1.54, 1.807) is 4.90 Å². The van der Waals surface area contributed by atoms with E-state index in [9.17, 15) is 9.59 Å². The molecule has 1 aliphatic carbocycles. The van der Waals surface area contributed by atoms with Crippen LogP contribution in [0, 0.1) is 13.8 Å². The molecule has 2 amide bonds. The summed E-state index contributed by atoms with van der Waals surface area (Å²) in [6, 6.07) is 15.4. The molecule has 1 atom stereocenters. The van der Waals surface area contributed by atoms with Gasteiger partial charge in [-0.05, 0) is 61.9 Å². The Hall–Kier alpha value is -2.82. The third-order valence-corrected chi connectivity index (χ3v) is 6.09. The van der Waals surface area contributed by atoms with Crippen LogP contribution in [0.2, 0.25) is 0 Å². The van der Waals surface area contributed by atoms with Crippen LogP contribution in [0.1, 0.15) is 62.1 Å². The fourth-order valence-corrected chi connectivity index (χ4v) is 4.49. The second-order valence-electron chi connectivity index (χ2n) is 8.89. The third-order valence-electron chi connectivity index (χ3n) is 6.09. The predicted molar refractivity (Wildman–Crippen MR) is 127 cm³/mol. The molecular formula is C27H36N2O3. The van der Waals surface area contributed by atoms with Crippen LogP contribution in [0.15, 0.2) is 48.5 Å². The van der Waals surface area contributed by atoms with Gasteiger partial charge in [0.05, 0.1) is 0 Å². The molecule has 32 heavy (non-hydrogen) atoms. The zero-order valence-corrected chi connectivity index (χ0v) is 19.6. The first-order valence-electron chi connectivity index (χ1n) is 11.8. The summed E-state index contributed by atoms with van der Waals surface area (Å²) in [5.41, 5.74) is 3.18.